The number of rotatable bonds is 10. The highest BCUT2D eigenvalue weighted by Crippen LogP contribution is 2.31. The minimum atomic E-state index is -3.75. The van der Waals surface area contributed by atoms with E-state index < -0.39 is 14.9 Å². The second-order valence-electron chi connectivity index (χ2n) is 6.95. The highest BCUT2D eigenvalue weighted by atomic mass is 35.5. The first kappa shape index (κ1) is 23.6. The minimum Gasteiger partial charge on any atom is -0.356 e. The molecule has 10 heteroatoms. The van der Waals surface area contributed by atoms with Gasteiger partial charge in [-0.15, -0.1) is 0 Å². The number of nitrogens with one attached hydrogen (secondary N) is 1. The van der Waals surface area contributed by atoms with Crippen LogP contribution in [0, 0.1) is 10.1 Å². The Morgan fingerprint density at radius 1 is 1.23 bits per heavy atom. The molecule has 0 aliphatic rings. The van der Waals surface area contributed by atoms with E-state index in [-0.39, 0.29) is 47.6 Å². The van der Waals surface area contributed by atoms with Crippen molar-refractivity contribution in [3.8, 4) is 0 Å². The predicted molar refractivity (Wildman–Crippen MR) is 117 cm³/mol. The molecule has 2 rings (SSSR count). The minimum absolute atomic E-state index is 0.0199. The molecule has 0 bridgehead atoms. The highest BCUT2D eigenvalue weighted by Gasteiger charge is 2.22. The number of nitrogens with zero attached hydrogens (tertiary/aromatic N) is 2. The van der Waals surface area contributed by atoms with Crippen LogP contribution < -0.4 is 9.62 Å². The van der Waals surface area contributed by atoms with Crippen molar-refractivity contribution < 1.29 is 18.1 Å². The molecule has 0 aliphatic carbocycles. The van der Waals surface area contributed by atoms with E-state index in [9.17, 15) is 23.3 Å². The average molecular weight is 454 g/mol. The molecule has 0 saturated heterocycles. The van der Waals surface area contributed by atoms with E-state index in [0.29, 0.717) is 6.54 Å². The second kappa shape index (κ2) is 10.4. The molecule has 0 saturated carbocycles. The first-order chi connectivity index (χ1) is 14.1. The summed E-state index contributed by atoms with van der Waals surface area (Å²) in [7, 11) is -3.75. The van der Waals surface area contributed by atoms with Crippen molar-refractivity contribution in [2.24, 2.45) is 0 Å². The van der Waals surface area contributed by atoms with Gasteiger partial charge in [0.25, 0.3) is 5.69 Å². The quantitative estimate of drug-likeness (QED) is 0.435. The first-order valence-electron chi connectivity index (χ1n) is 9.33. The molecule has 0 heterocycles. The third kappa shape index (κ3) is 6.70. The van der Waals surface area contributed by atoms with Crippen LogP contribution in [0.25, 0.3) is 0 Å². The van der Waals surface area contributed by atoms with Crippen LogP contribution >= 0.6 is 11.6 Å². The van der Waals surface area contributed by atoms with E-state index in [1.54, 1.807) is 0 Å². The van der Waals surface area contributed by atoms with E-state index in [1.807, 2.05) is 37.3 Å². The smallest absolute Gasteiger partial charge is 0.271 e. The maximum Gasteiger partial charge on any atom is 0.271 e. The zero-order chi connectivity index (χ0) is 22.3. The maximum atomic E-state index is 12.2. The van der Waals surface area contributed by atoms with E-state index in [0.717, 1.165) is 22.2 Å². The fourth-order valence-corrected chi connectivity index (χ4v) is 4.15. The Hall–Kier alpha value is -2.65. The number of anilines is 1. The predicted octanol–water partition coefficient (Wildman–Crippen LogP) is 3.71. The number of carbonyl (C=O) groups is 1. The fraction of sp³-hybridized carbons (Fsp3) is 0.350. The summed E-state index contributed by atoms with van der Waals surface area (Å²) < 4.78 is 25.4. The topological polar surface area (TPSA) is 110 Å². The summed E-state index contributed by atoms with van der Waals surface area (Å²) in [6.45, 7) is 2.45. The number of sulfonamides is 1. The Morgan fingerprint density at radius 2 is 1.90 bits per heavy atom. The summed E-state index contributed by atoms with van der Waals surface area (Å²) in [5.74, 6) is -0.0530. The van der Waals surface area contributed by atoms with Crippen LogP contribution in [-0.4, -0.2) is 38.6 Å². The zero-order valence-corrected chi connectivity index (χ0v) is 18.3. The monoisotopic (exact) mass is 453 g/mol. The number of amides is 1. The van der Waals surface area contributed by atoms with Crippen LogP contribution in [0.2, 0.25) is 5.02 Å². The molecule has 1 amide bonds. The molecule has 2 aromatic carbocycles. The molecule has 0 unspecified atom stereocenters. The summed E-state index contributed by atoms with van der Waals surface area (Å²) in [5.41, 5.74) is 0.864. The van der Waals surface area contributed by atoms with Crippen LogP contribution in [0.15, 0.2) is 48.5 Å². The molecule has 1 N–H and O–H groups in total. The summed E-state index contributed by atoms with van der Waals surface area (Å²) in [4.78, 5) is 22.6. The van der Waals surface area contributed by atoms with Crippen LogP contribution in [-0.2, 0) is 14.8 Å². The SMILES string of the molecule is C[C@@H](CNC(=O)CCCN(c1cc([N+](=O)[O-])ccc1Cl)S(C)(=O)=O)c1ccccc1. The summed E-state index contributed by atoms with van der Waals surface area (Å²) in [6, 6.07) is 13.4. The van der Waals surface area contributed by atoms with Crippen LogP contribution in [0.4, 0.5) is 11.4 Å². The van der Waals surface area contributed by atoms with E-state index in [1.165, 1.54) is 12.1 Å². The van der Waals surface area contributed by atoms with Gasteiger partial charge in [-0.25, -0.2) is 8.42 Å². The van der Waals surface area contributed by atoms with Crippen molar-refractivity contribution in [3.63, 3.8) is 0 Å². The molecule has 0 aliphatic heterocycles. The third-order valence-corrected chi connectivity index (χ3v) is 6.05. The van der Waals surface area contributed by atoms with Gasteiger partial charge in [-0.3, -0.25) is 19.2 Å². The Morgan fingerprint density at radius 3 is 2.50 bits per heavy atom. The molecular formula is C20H24ClN3O5S. The Labute approximate surface area is 181 Å². The van der Waals surface area contributed by atoms with Gasteiger partial charge in [0.2, 0.25) is 15.9 Å². The molecule has 0 aromatic heterocycles. The fourth-order valence-electron chi connectivity index (χ4n) is 2.91. The number of benzene rings is 2. The number of non-ortho nitro benzene ring substituents is 1. The van der Waals surface area contributed by atoms with Crippen molar-refractivity contribution >= 4 is 38.9 Å². The standard InChI is InChI=1S/C20H24ClN3O5S/c1-15(16-7-4-3-5-8-16)14-22-20(25)9-6-12-23(30(2,28)29)19-13-17(24(26)27)10-11-18(19)21/h3-5,7-8,10-11,13,15H,6,9,12,14H2,1-2H3,(H,22,25)/t15-/m0/s1. The molecule has 0 spiro atoms. The van der Waals surface area contributed by atoms with Crippen molar-refractivity contribution in [1.29, 1.82) is 0 Å². The van der Waals surface area contributed by atoms with Gasteiger partial charge < -0.3 is 5.32 Å². The van der Waals surface area contributed by atoms with Crippen LogP contribution in [0.3, 0.4) is 0 Å². The van der Waals surface area contributed by atoms with Gasteiger partial charge in [0.1, 0.15) is 0 Å². The maximum absolute atomic E-state index is 12.2. The highest BCUT2D eigenvalue weighted by molar-refractivity contribution is 7.92. The van der Waals surface area contributed by atoms with Crippen molar-refractivity contribution in [3.05, 3.63) is 69.2 Å². The van der Waals surface area contributed by atoms with E-state index in [2.05, 4.69) is 5.32 Å². The molecule has 0 fully saturated rings. The lowest BCUT2D eigenvalue weighted by Gasteiger charge is -2.23. The summed E-state index contributed by atoms with van der Waals surface area (Å²) in [5, 5.41) is 13.9. The lowest BCUT2D eigenvalue weighted by atomic mass is 10.0. The lowest BCUT2D eigenvalue weighted by molar-refractivity contribution is -0.384. The number of hydrogen-bond acceptors (Lipinski definition) is 5. The largest absolute Gasteiger partial charge is 0.356 e. The van der Waals surface area contributed by atoms with Crippen LogP contribution in [0.1, 0.15) is 31.2 Å². The molecule has 8 nitrogen and oxygen atoms in total. The normalized spacial score (nSPS) is 12.2. The molecule has 30 heavy (non-hydrogen) atoms. The average Bonchev–Trinajstić information content (AvgIpc) is 2.69. The molecule has 2 aromatic rings. The van der Waals surface area contributed by atoms with Gasteiger partial charge in [-0.2, -0.15) is 0 Å². The first-order valence-corrected chi connectivity index (χ1v) is 11.6. The number of hydrogen-bond donors (Lipinski definition) is 1. The molecule has 1 atom stereocenters. The van der Waals surface area contributed by atoms with Crippen molar-refractivity contribution in [2.45, 2.75) is 25.7 Å². The van der Waals surface area contributed by atoms with Crippen molar-refractivity contribution in [2.75, 3.05) is 23.7 Å². The number of nitro groups is 1. The van der Waals surface area contributed by atoms with E-state index in [4.69, 9.17) is 11.6 Å². The van der Waals surface area contributed by atoms with Gasteiger partial charge in [0.05, 0.1) is 21.9 Å². The lowest BCUT2D eigenvalue weighted by Crippen LogP contribution is -2.33. The summed E-state index contributed by atoms with van der Waals surface area (Å²) >= 11 is 6.08. The van der Waals surface area contributed by atoms with Gasteiger partial charge in [0.15, 0.2) is 0 Å². The third-order valence-electron chi connectivity index (χ3n) is 4.55. The number of halogens is 1. The molecule has 0 radical (unpaired) electrons. The zero-order valence-electron chi connectivity index (χ0n) is 16.7. The summed E-state index contributed by atoms with van der Waals surface area (Å²) in [6.07, 6.45) is 1.33. The molecular weight excluding hydrogens is 430 g/mol. The Balaban J connectivity index is 1.97. The number of carbonyl (C=O) groups excluding carboxylic acids is 1. The van der Waals surface area contributed by atoms with Gasteiger partial charge in [-0.1, -0.05) is 48.9 Å². The van der Waals surface area contributed by atoms with Crippen molar-refractivity contribution in [1.82, 2.24) is 5.32 Å². The van der Waals surface area contributed by atoms with Gasteiger partial charge in [-0.05, 0) is 24.0 Å². The van der Waals surface area contributed by atoms with E-state index >= 15 is 0 Å². The van der Waals surface area contributed by atoms with Gasteiger partial charge in [0, 0.05) is 31.6 Å². The Kier molecular flexibility index (Phi) is 8.19. The second-order valence-corrected chi connectivity index (χ2v) is 9.26. The van der Waals surface area contributed by atoms with Crippen LogP contribution in [0.5, 0.6) is 0 Å². The van der Waals surface area contributed by atoms with Gasteiger partial charge >= 0.3 is 0 Å². The molecule has 162 valence electrons. The number of nitro benzene ring substituents is 1. The Bertz CT molecular complexity index is 999.